The summed E-state index contributed by atoms with van der Waals surface area (Å²) < 4.78 is 0. The number of carbonyl (C=O) groups is 2. The van der Waals surface area contributed by atoms with Crippen molar-refractivity contribution in [3.63, 3.8) is 0 Å². The summed E-state index contributed by atoms with van der Waals surface area (Å²) in [7, 11) is 0. The molecule has 0 spiro atoms. The Hall–Kier alpha value is -1.88. The molecule has 2 rings (SSSR count). The molecule has 1 aromatic rings. The third kappa shape index (κ3) is 4.10. The highest BCUT2D eigenvalue weighted by Crippen LogP contribution is 2.23. The zero-order valence-corrected chi connectivity index (χ0v) is 14.4. The lowest BCUT2D eigenvalue weighted by molar-refractivity contribution is -0.129. The summed E-state index contributed by atoms with van der Waals surface area (Å²) in [5.74, 6) is 0.168. The summed E-state index contributed by atoms with van der Waals surface area (Å²) >= 11 is 0. The predicted octanol–water partition coefficient (Wildman–Crippen LogP) is 2.48. The summed E-state index contributed by atoms with van der Waals surface area (Å²) in [6.07, 6.45) is 1.01. The second-order valence-corrected chi connectivity index (χ2v) is 6.43. The highest BCUT2D eigenvalue weighted by atomic mass is 16.2. The predicted molar refractivity (Wildman–Crippen MR) is 91.1 cm³/mol. The van der Waals surface area contributed by atoms with Crippen LogP contribution >= 0.6 is 0 Å². The van der Waals surface area contributed by atoms with Gasteiger partial charge in [0.05, 0.1) is 6.04 Å². The van der Waals surface area contributed by atoms with E-state index >= 15 is 0 Å². The maximum Gasteiger partial charge on any atom is 0.324 e. The molecule has 23 heavy (non-hydrogen) atoms. The average molecular weight is 317 g/mol. The van der Waals surface area contributed by atoms with E-state index in [-0.39, 0.29) is 18.0 Å². The van der Waals surface area contributed by atoms with Crippen LogP contribution in [0.1, 0.15) is 44.9 Å². The van der Waals surface area contributed by atoms with Crippen LogP contribution in [0.2, 0.25) is 0 Å². The SMILES string of the molecule is CCc1ccc([C@H](N[C@@H](C)C(=O)N2CCNC2=O)C(C)C)cc1. The fourth-order valence-corrected chi connectivity index (χ4v) is 2.89. The Kier molecular flexibility index (Phi) is 5.77. The van der Waals surface area contributed by atoms with Crippen molar-refractivity contribution in [2.45, 2.75) is 46.2 Å². The lowest BCUT2D eigenvalue weighted by Gasteiger charge is -2.28. The molecule has 5 nitrogen and oxygen atoms in total. The Morgan fingerprint density at radius 2 is 1.91 bits per heavy atom. The third-order valence-corrected chi connectivity index (χ3v) is 4.34. The number of nitrogens with one attached hydrogen (secondary N) is 2. The second kappa shape index (κ2) is 7.59. The van der Waals surface area contributed by atoms with Crippen LogP contribution < -0.4 is 10.6 Å². The molecule has 1 heterocycles. The smallest absolute Gasteiger partial charge is 0.324 e. The zero-order valence-electron chi connectivity index (χ0n) is 14.4. The first-order chi connectivity index (χ1) is 10.9. The molecule has 2 atom stereocenters. The molecule has 1 aliphatic heterocycles. The molecule has 0 saturated carbocycles. The van der Waals surface area contributed by atoms with Crippen molar-refractivity contribution < 1.29 is 9.59 Å². The largest absolute Gasteiger partial charge is 0.336 e. The quantitative estimate of drug-likeness (QED) is 0.847. The maximum atomic E-state index is 12.4. The molecule has 0 unspecified atom stereocenters. The van der Waals surface area contributed by atoms with Crippen LogP contribution in [-0.4, -0.2) is 36.0 Å². The highest BCUT2D eigenvalue weighted by molar-refractivity contribution is 5.98. The summed E-state index contributed by atoms with van der Waals surface area (Å²) in [4.78, 5) is 25.4. The standard InChI is InChI=1S/C18H27N3O2/c1-5-14-6-8-15(9-7-14)16(12(2)3)20-13(4)17(22)21-11-10-19-18(21)23/h6-9,12-13,16,20H,5,10-11H2,1-4H3,(H,19,23)/t13-,16+/m0/s1. The molecule has 2 N–H and O–H groups in total. The van der Waals surface area contributed by atoms with Crippen LogP contribution in [0.5, 0.6) is 0 Å². The van der Waals surface area contributed by atoms with Crippen molar-refractivity contribution in [2.75, 3.05) is 13.1 Å². The molecule has 3 amide bonds. The van der Waals surface area contributed by atoms with Gasteiger partial charge >= 0.3 is 6.03 Å². The number of urea groups is 1. The lowest BCUT2D eigenvalue weighted by Crippen LogP contribution is -2.47. The van der Waals surface area contributed by atoms with Gasteiger partial charge in [0.15, 0.2) is 0 Å². The number of hydrogen-bond acceptors (Lipinski definition) is 3. The maximum absolute atomic E-state index is 12.4. The van der Waals surface area contributed by atoms with Gasteiger partial charge in [-0.15, -0.1) is 0 Å². The van der Waals surface area contributed by atoms with Crippen LogP contribution in [-0.2, 0) is 11.2 Å². The minimum Gasteiger partial charge on any atom is -0.336 e. The number of amides is 3. The van der Waals surface area contributed by atoms with E-state index in [0.29, 0.717) is 19.0 Å². The molecular weight excluding hydrogens is 290 g/mol. The molecule has 0 bridgehead atoms. The molecule has 0 aromatic heterocycles. The van der Waals surface area contributed by atoms with E-state index in [1.54, 1.807) is 0 Å². The van der Waals surface area contributed by atoms with E-state index in [1.165, 1.54) is 16.0 Å². The van der Waals surface area contributed by atoms with Gasteiger partial charge < -0.3 is 5.32 Å². The van der Waals surface area contributed by atoms with Gasteiger partial charge in [-0.05, 0) is 30.4 Å². The first-order valence-corrected chi connectivity index (χ1v) is 8.38. The van der Waals surface area contributed by atoms with E-state index in [9.17, 15) is 9.59 Å². The monoisotopic (exact) mass is 317 g/mol. The van der Waals surface area contributed by atoms with Crippen LogP contribution in [0, 0.1) is 5.92 Å². The van der Waals surface area contributed by atoms with Crippen molar-refractivity contribution in [1.82, 2.24) is 15.5 Å². The minimum absolute atomic E-state index is 0.0746. The number of benzene rings is 1. The van der Waals surface area contributed by atoms with E-state index in [4.69, 9.17) is 0 Å². The van der Waals surface area contributed by atoms with Gasteiger partial charge in [-0.2, -0.15) is 0 Å². The Labute approximate surface area is 138 Å². The van der Waals surface area contributed by atoms with Crippen LogP contribution in [0.4, 0.5) is 4.79 Å². The van der Waals surface area contributed by atoms with E-state index in [0.717, 1.165) is 6.42 Å². The molecular formula is C18H27N3O2. The van der Waals surface area contributed by atoms with Gasteiger partial charge in [0, 0.05) is 19.1 Å². The number of hydrogen-bond donors (Lipinski definition) is 2. The van der Waals surface area contributed by atoms with Crippen molar-refractivity contribution >= 4 is 11.9 Å². The Balaban J connectivity index is 2.08. The molecule has 1 aliphatic rings. The average Bonchev–Trinajstić information content (AvgIpc) is 2.97. The first kappa shape index (κ1) is 17.5. The van der Waals surface area contributed by atoms with Crippen molar-refractivity contribution in [3.8, 4) is 0 Å². The van der Waals surface area contributed by atoms with E-state index in [2.05, 4.69) is 55.7 Å². The van der Waals surface area contributed by atoms with Gasteiger partial charge in [0.1, 0.15) is 0 Å². The van der Waals surface area contributed by atoms with Crippen molar-refractivity contribution in [2.24, 2.45) is 5.92 Å². The number of rotatable bonds is 6. The normalized spacial score (nSPS) is 17.3. The second-order valence-electron chi connectivity index (χ2n) is 6.43. The highest BCUT2D eigenvalue weighted by Gasteiger charge is 2.31. The number of carbonyl (C=O) groups excluding carboxylic acids is 2. The molecule has 1 fully saturated rings. The molecule has 1 aromatic carbocycles. The number of imide groups is 1. The van der Waals surface area contributed by atoms with Crippen molar-refractivity contribution in [3.05, 3.63) is 35.4 Å². The zero-order chi connectivity index (χ0) is 17.0. The van der Waals surface area contributed by atoms with Crippen LogP contribution in [0.25, 0.3) is 0 Å². The Morgan fingerprint density at radius 3 is 2.39 bits per heavy atom. The fourth-order valence-electron chi connectivity index (χ4n) is 2.89. The van der Waals surface area contributed by atoms with Crippen LogP contribution in [0.3, 0.4) is 0 Å². The van der Waals surface area contributed by atoms with E-state index < -0.39 is 6.04 Å². The third-order valence-electron chi connectivity index (χ3n) is 4.34. The van der Waals surface area contributed by atoms with Gasteiger partial charge in [-0.1, -0.05) is 45.0 Å². The van der Waals surface area contributed by atoms with Gasteiger partial charge in [0.2, 0.25) is 5.91 Å². The molecule has 126 valence electrons. The van der Waals surface area contributed by atoms with E-state index in [1.807, 2.05) is 6.92 Å². The van der Waals surface area contributed by atoms with Gasteiger partial charge in [-0.25, -0.2) is 4.79 Å². The molecule has 0 radical (unpaired) electrons. The summed E-state index contributed by atoms with van der Waals surface area (Å²) in [6, 6.07) is 7.88. The molecule has 0 aliphatic carbocycles. The first-order valence-electron chi connectivity index (χ1n) is 8.38. The van der Waals surface area contributed by atoms with Gasteiger partial charge in [0.25, 0.3) is 0 Å². The van der Waals surface area contributed by atoms with Crippen molar-refractivity contribution in [1.29, 1.82) is 0 Å². The lowest BCUT2D eigenvalue weighted by atomic mass is 9.94. The Bertz CT molecular complexity index is 554. The van der Waals surface area contributed by atoms with Crippen LogP contribution in [0.15, 0.2) is 24.3 Å². The summed E-state index contributed by atoms with van der Waals surface area (Å²) in [6.45, 7) is 9.19. The summed E-state index contributed by atoms with van der Waals surface area (Å²) in [5, 5.41) is 6.06. The minimum atomic E-state index is -0.405. The number of nitrogens with zero attached hydrogens (tertiary/aromatic N) is 1. The Morgan fingerprint density at radius 1 is 1.26 bits per heavy atom. The number of aryl methyl sites for hydroxylation is 1. The molecule has 5 heteroatoms. The molecule has 1 saturated heterocycles. The summed E-state index contributed by atoms with van der Waals surface area (Å²) in [5.41, 5.74) is 2.47. The fraction of sp³-hybridized carbons (Fsp3) is 0.556. The van der Waals surface area contributed by atoms with Gasteiger partial charge in [-0.3, -0.25) is 15.0 Å². The topological polar surface area (TPSA) is 61.4 Å².